The summed E-state index contributed by atoms with van der Waals surface area (Å²) in [5.41, 5.74) is 1.48. The summed E-state index contributed by atoms with van der Waals surface area (Å²) in [7, 11) is 0. The monoisotopic (exact) mass is 333 g/mol. The van der Waals surface area contributed by atoms with Crippen LogP contribution in [0.2, 0.25) is 0 Å². The number of halogens is 1. The SMILES string of the molecule is CC(NC(=O)Cc1c[nH]c2ccc(F)cc12)C(=O)N1CCOCC1. The van der Waals surface area contributed by atoms with Gasteiger partial charge >= 0.3 is 0 Å². The third-order valence-corrected chi connectivity index (χ3v) is 4.15. The highest BCUT2D eigenvalue weighted by Crippen LogP contribution is 2.19. The van der Waals surface area contributed by atoms with Gasteiger partial charge in [0.15, 0.2) is 0 Å². The van der Waals surface area contributed by atoms with E-state index in [1.54, 1.807) is 24.1 Å². The predicted octanol–water partition coefficient (Wildman–Crippen LogP) is 1.21. The molecule has 0 bridgehead atoms. The van der Waals surface area contributed by atoms with Crippen LogP contribution in [-0.2, 0) is 20.7 Å². The van der Waals surface area contributed by atoms with Crippen molar-refractivity contribution in [3.05, 3.63) is 35.8 Å². The average molecular weight is 333 g/mol. The number of carbonyl (C=O) groups is 2. The smallest absolute Gasteiger partial charge is 0.245 e. The second kappa shape index (κ2) is 7.00. The van der Waals surface area contributed by atoms with Gasteiger partial charge in [0.2, 0.25) is 11.8 Å². The number of hydrogen-bond donors (Lipinski definition) is 2. The van der Waals surface area contributed by atoms with Crippen LogP contribution in [0, 0.1) is 5.82 Å². The third-order valence-electron chi connectivity index (χ3n) is 4.15. The zero-order valence-electron chi connectivity index (χ0n) is 13.5. The number of nitrogens with zero attached hydrogens (tertiary/aromatic N) is 1. The average Bonchev–Trinajstić information content (AvgIpc) is 2.97. The quantitative estimate of drug-likeness (QED) is 0.883. The standard InChI is InChI=1S/C17H20FN3O3/c1-11(17(23)21-4-6-24-7-5-21)20-16(22)8-12-10-19-15-3-2-13(18)9-14(12)15/h2-3,9-11,19H,4-8H2,1H3,(H,20,22). The molecule has 1 fully saturated rings. The van der Waals surface area contributed by atoms with Crippen molar-refractivity contribution in [2.75, 3.05) is 26.3 Å². The van der Waals surface area contributed by atoms with Crippen molar-refractivity contribution < 1.29 is 18.7 Å². The van der Waals surface area contributed by atoms with E-state index >= 15 is 0 Å². The van der Waals surface area contributed by atoms with Crippen molar-refractivity contribution in [3.8, 4) is 0 Å². The second-order valence-corrected chi connectivity index (χ2v) is 5.91. The summed E-state index contributed by atoms with van der Waals surface area (Å²) in [6.45, 7) is 3.80. The number of amides is 2. The summed E-state index contributed by atoms with van der Waals surface area (Å²) in [6, 6.07) is 3.80. The number of hydrogen-bond acceptors (Lipinski definition) is 3. The Morgan fingerprint density at radius 3 is 2.88 bits per heavy atom. The van der Waals surface area contributed by atoms with Gasteiger partial charge in [-0.2, -0.15) is 0 Å². The molecule has 0 aliphatic carbocycles. The Morgan fingerprint density at radius 2 is 2.12 bits per heavy atom. The first-order chi connectivity index (χ1) is 11.5. The molecular formula is C17H20FN3O3. The normalized spacial score (nSPS) is 16.2. The Hall–Kier alpha value is -2.41. The molecule has 1 unspecified atom stereocenters. The number of fused-ring (bicyclic) bond motifs is 1. The Kier molecular flexibility index (Phi) is 4.80. The van der Waals surface area contributed by atoms with Crippen molar-refractivity contribution in [3.63, 3.8) is 0 Å². The Bertz CT molecular complexity index is 753. The third kappa shape index (κ3) is 3.56. The Balaban J connectivity index is 1.62. The van der Waals surface area contributed by atoms with Gasteiger partial charge < -0.3 is 19.9 Å². The van der Waals surface area contributed by atoms with Crippen LogP contribution in [0.5, 0.6) is 0 Å². The van der Waals surface area contributed by atoms with Gasteiger partial charge in [-0.1, -0.05) is 0 Å². The topological polar surface area (TPSA) is 74.4 Å². The molecule has 1 aromatic heterocycles. The van der Waals surface area contributed by atoms with Crippen LogP contribution in [0.25, 0.3) is 10.9 Å². The lowest BCUT2D eigenvalue weighted by molar-refractivity contribution is -0.139. The first kappa shape index (κ1) is 16.4. The maximum absolute atomic E-state index is 13.4. The number of morpholine rings is 1. The Morgan fingerprint density at radius 1 is 1.38 bits per heavy atom. The van der Waals surface area contributed by atoms with Crippen molar-refractivity contribution >= 4 is 22.7 Å². The van der Waals surface area contributed by atoms with Gasteiger partial charge in [0.25, 0.3) is 0 Å². The fraction of sp³-hybridized carbons (Fsp3) is 0.412. The molecule has 128 valence electrons. The predicted molar refractivity (Wildman–Crippen MR) is 87.0 cm³/mol. The first-order valence-electron chi connectivity index (χ1n) is 7.96. The minimum atomic E-state index is -0.599. The van der Waals surface area contributed by atoms with Crippen molar-refractivity contribution in [2.45, 2.75) is 19.4 Å². The number of aromatic amines is 1. The van der Waals surface area contributed by atoms with Crippen molar-refractivity contribution in [2.24, 2.45) is 0 Å². The summed E-state index contributed by atoms with van der Waals surface area (Å²) in [5, 5.41) is 3.39. The zero-order chi connectivity index (χ0) is 17.1. The molecule has 2 amide bonds. The number of carbonyl (C=O) groups excluding carboxylic acids is 2. The van der Waals surface area contributed by atoms with Crippen LogP contribution in [0.4, 0.5) is 4.39 Å². The van der Waals surface area contributed by atoms with E-state index in [9.17, 15) is 14.0 Å². The lowest BCUT2D eigenvalue weighted by Gasteiger charge is -2.29. The number of benzene rings is 1. The highest BCUT2D eigenvalue weighted by molar-refractivity contribution is 5.91. The lowest BCUT2D eigenvalue weighted by Crippen LogP contribution is -2.50. The lowest BCUT2D eigenvalue weighted by atomic mass is 10.1. The summed E-state index contributed by atoms with van der Waals surface area (Å²) < 4.78 is 18.6. The van der Waals surface area contributed by atoms with Gasteiger partial charge in [0, 0.05) is 30.2 Å². The number of aromatic nitrogens is 1. The summed E-state index contributed by atoms with van der Waals surface area (Å²) >= 11 is 0. The van der Waals surface area contributed by atoms with E-state index in [0.717, 1.165) is 5.52 Å². The van der Waals surface area contributed by atoms with Gasteiger partial charge in [-0.25, -0.2) is 4.39 Å². The van der Waals surface area contributed by atoms with E-state index in [0.29, 0.717) is 37.3 Å². The molecule has 1 aliphatic heterocycles. The molecule has 2 aromatic rings. The summed E-state index contributed by atoms with van der Waals surface area (Å²) in [6.07, 6.45) is 1.78. The van der Waals surface area contributed by atoms with E-state index < -0.39 is 6.04 Å². The van der Waals surface area contributed by atoms with Crippen molar-refractivity contribution in [1.82, 2.24) is 15.2 Å². The van der Waals surface area contributed by atoms with Crippen LogP contribution in [0.1, 0.15) is 12.5 Å². The molecule has 1 aliphatic rings. The minimum Gasteiger partial charge on any atom is -0.378 e. The van der Waals surface area contributed by atoms with E-state index in [1.807, 2.05) is 0 Å². The van der Waals surface area contributed by atoms with Gasteiger partial charge in [-0.3, -0.25) is 9.59 Å². The molecule has 1 saturated heterocycles. The molecule has 0 radical (unpaired) electrons. The molecule has 2 N–H and O–H groups in total. The molecule has 2 heterocycles. The number of rotatable bonds is 4. The van der Waals surface area contributed by atoms with Crippen LogP contribution < -0.4 is 5.32 Å². The molecule has 7 heteroatoms. The maximum atomic E-state index is 13.4. The maximum Gasteiger partial charge on any atom is 0.245 e. The summed E-state index contributed by atoms with van der Waals surface area (Å²) in [4.78, 5) is 29.2. The second-order valence-electron chi connectivity index (χ2n) is 5.91. The van der Waals surface area contributed by atoms with Gasteiger partial charge in [-0.15, -0.1) is 0 Å². The minimum absolute atomic E-state index is 0.0875. The fourth-order valence-corrected chi connectivity index (χ4v) is 2.88. The van der Waals surface area contributed by atoms with E-state index in [4.69, 9.17) is 4.74 Å². The molecule has 6 nitrogen and oxygen atoms in total. The van der Waals surface area contributed by atoms with Crippen LogP contribution in [-0.4, -0.2) is 54.0 Å². The Labute approximate surface area is 139 Å². The van der Waals surface area contributed by atoms with Crippen LogP contribution in [0.3, 0.4) is 0 Å². The van der Waals surface area contributed by atoms with Crippen LogP contribution in [0.15, 0.2) is 24.4 Å². The fourth-order valence-electron chi connectivity index (χ4n) is 2.88. The van der Waals surface area contributed by atoms with Crippen LogP contribution >= 0.6 is 0 Å². The number of nitrogens with one attached hydrogen (secondary N) is 2. The molecule has 3 rings (SSSR count). The zero-order valence-corrected chi connectivity index (χ0v) is 13.5. The molecule has 24 heavy (non-hydrogen) atoms. The van der Waals surface area contributed by atoms with Gasteiger partial charge in [-0.05, 0) is 30.7 Å². The van der Waals surface area contributed by atoms with E-state index in [1.165, 1.54) is 12.1 Å². The summed E-state index contributed by atoms with van der Waals surface area (Å²) in [5.74, 6) is -0.731. The molecular weight excluding hydrogens is 313 g/mol. The molecule has 1 atom stereocenters. The van der Waals surface area contributed by atoms with Crippen molar-refractivity contribution in [1.29, 1.82) is 0 Å². The molecule has 0 spiro atoms. The van der Waals surface area contributed by atoms with Gasteiger partial charge in [0.1, 0.15) is 11.9 Å². The number of ether oxygens (including phenoxy) is 1. The number of H-pyrrole nitrogens is 1. The highest BCUT2D eigenvalue weighted by atomic mass is 19.1. The molecule has 1 aromatic carbocycles. The first-order valence-corrected chi connectivity index (χ1v) is 7.96. The van der Waals surface area contributed by atoms with Gasteiger partial charge in [0.05, 0.1) is 19.6 Å². The largest absolute Gasteiger partial charge is 0.378 e. The molecule has 0 saturated carbocycles. The van der Waals surface area contributed by atoms with E-state index in [-0.39, 0.29) is 24.1 Å². The van der Waals surface area contributed by atoms with E-state index in [2.05, 4.69) is 10.3 Å². The highest BCUT2D eigenvalue weighted by Gasteiger charge is 2.23.